The summed E-state index contributed by atoms with van der Waals surface area (Å²) in [5.74, 6) is 0.103. The van der Waals surface area contributed by atoms with E-state index < -0.39 is 6.29 Å². The van der Waals surface area contributed by atoms with Crippen molar-refractivity contribution in [1.29, 1.82) is 0 Å². The zero-order valence-corrected chi connectivity index (χ0v) is 18.0. The molecule has 2 atom stereocenters. The lowest BCUT2D eigenvalue weighted by atomic mass is 9.84. The highest BCUT2D eigenvalue weighted by molar-refractivity contribution is 5.69. The van der Waals surface area contributed by atoms with Crippen LogP contribution in [0, 0.1) is 11.3 Å². The van der Waals surface area contributed by atoms with Crippen molar-refractivity contribution in [3.8, 4) is 0 Å². The summed E-state index contributed by atoms with van der Waals surface area (Å²) in [7, 11) is 0. The van der Waals surface area contributed by atoms with Crippen LogP contribution in [-0.2, 0) is 23.7 Å². The number of unbranched alkanes of at least 4 members (excludes halogenated alkanes) is 3. The van der Waals surface area contributed by atoms with Gasteiger partial charge in [0.2, 0.25) is 0 Å². The molecular formula is C21H42O5. The highest BCUT2D eigenvalue weighted by Gasteiger charge is 2.19. The van der Waals surface area contributed by atoms with E-state index in [4.69, 9.17) is 18.9 Å². The molecule has 0 aromatic carbocycles. The molecule has 5 heteroatoms. The van der Waals surface area contributed by atoms with E-state index in [-0.39, 0.29) is 11.4 Å². The molecule has 0 aromatic heterocycles. The smallest absolute Gasteiger partial charge is 0.308 e. The van der Waals surface area contributed by atoms with Crippen molar-refractivity contribution >= 4 is 5.97 Å². The van der Waals surface area contributed by atoms with Gasteiger partial charge < -0.3 is 18.9 Å². The summed E-state index contributed by atoms with van der Waals surface area (Å²) < 4.78 is 21.7. The predicted molar refractivity (Wildman–Crippen MR) is 105 cm³/mol. The summed E-state index contributed by atoms with van der Waals surface area (Å²) in [6, 6.07) is 0. The Labute approximate surface area is 161 Å². The topological polar surface area (TPSA) is 54.0 Å². The Kier molecular flexibility index (Phi) is 15.0. The van der Waals surface area contributed by atoms with Crippen molar-refractivity contribution in [3.63, 3.8) is 0 Å². The highest BCUT2D eigenvalue weighted by Crippen LogP contribution is 2.26. The van der Waals surface area contributed by atoms with Crippen LogP contribution in [0.15, 0.2) is 0 Å². The molecule has 0 aromatic rings. The molecule has 0 saturated heterocycles. The maximum Gasteiger partial charge on any atom is 0.308 e. The lowest BCUT2D eigenvalue weighted by Gasteiger charge is -2.23. The minimum atomic E-state index is -0.539. The van der Waals surface area contributed by atoms with Crippen LogP contribution in [-0.4, -0.2) is 45.3 Å². The predicted octanol–water partition coefficient (Wildman–Crippen LogP) is 4.97. The van der Waals surface area contributed by atoms with Crippen molar-refractivity contribution in [2.24, 2.45) is 11.3 Å². The summed E-state index contributed by atoms with van der Waals surface area (Å²) in [5, 5.41) is 0. The molecule has 0 amide bonds. The van der Waals surface area contributed by atoms with E-state index in [1.165, 1.54) is 19.3 Å². The molecule has 0 radical (unpaired) electrons. The molecular weight excluding hydrogens is 332 g/mol. The van der Waals surface area contributed by atoms with Gasteiger partial charge in [0.05, 0.1) is 26.4 Å². The van der Waals surface area contributed by atoms with E-state index in [0.717, 1.165) is 19.4 Å². The van der Waals surface area contributed by atoms with Crippen LogP contribution in [0.1, 0.15) is 80.1 Å². The van der Waals surface area contributed by atoms with Crippen LogP contribution in [0.3, 0.4) is 0 Å². The molecule has 0 heterocycles. The second-order valence-electron chi connectivity index (χ2n) is 8.29. The van der Waals surface area contributed by atoms with Crippen molar-refractivity contribution in [1.82, 2.24) is 0 Å². The molecule has 156 valence electrons. The Morgan fingerprint density at radius 2 is 1.50 bits per heavy atom. The van der Waals surface area contributed by atoms with Gasteiger partial charge in [0.15, 0.2) is 6.29 Å². The molecule has 0 aliphatic carbocycles. The fourth-order valence-corrected chi connectivity index (χ4v) is 2.90. The van der Waals surface area contributed by atoms with E-state index in [2.05, 4.69) is 34.6 Å². The van der Waals surface area contributed by atoms with E-state index in [1.54, 1.807) is 6.92 Å². The Hall–Kier alpha value is -0.650. The Morgan fingerprint density at radius 1 is 0.885 bits per heavy atom. The first-order valence-corrected chi connectivity index (χ1v) is 10.2. The number of carbonyl (C=O) groups excluding carboxylic acids is 1. The molecule has 0 bridgehead atoms. The van der Waals surface area contributed by atoms with Gasteiger partial charge in [-0.3, -0.25) is 4.79 Å². The first kappa shape index (κ1) is 25.4. The second kappa shape index (κ2) is 15.4. The lowest BCUT2D eigenvalue weighted by Crippen LogP contribution is -2.22. The second-order valence-corrected chi connectivity index (χ2v) is 8.29. The van der Waals surface area contributed by atoms with Crippen LogP contribution in [0.4, 0.5) is 0 Å². The maximum atomic E-state index is 11.9. The van der Waals surface area contributed by atoms with Gasteiger partial charge >= 0.3 is 5.97 Å². The normalized spacial score (nSPS) is 14.2. The molecule has 2 unspecified atom stereocenters. The standard InChI is InChI=1S/C21H42O5/c1-7-8-9-10-11-23-12-13-24-14-15-25-19(3)26-20(22)16-18(2)17-21(4,5)6/h18-19H,7-17H2,1-6H3. The molecule has 0 rings (SSSR count). The van der Waals surface area contributed by atoms with E-state index in [9.17, 15) is 4.79 Å². The van der Waals surface area contributed by atoms with Crippen molar-refractivity contribution in [2.75, 3.05) is 33.0 Å². The Morgan fingerprint density at radius 3 is 2.12 bits per heavy atom. The van der Waals surface area contributed by atoms with Crippen LogP contribution in [0.25, 0.3) is 0 Å². The van der Waals surface area contributed by atoms with Gasteiger partial charge in [0.1, 0.15) is 0 Å². The van der Waals surface area contributed by atoms with Gasteiger partial charge in [0, 0.05) is 13.0 Å². The first-order chi connectivity index (χ1) is 12.2. The van der Waals surface area contributed by atoms with Crippen molar-refractivity contribution < 1.29 is 23.7 Å². The third kappa shape index (κ3) is 18.2. The molecule has 26 heavy (non-hydrogen) atoms. The summed E-state index contributed by atoms with van der Waals surface area (Å²) in [4.78, 5) is 11.9. The fraction of sp³-hybridized carbons (Fsp3) is 0.952. The summed E-state index contributed by atoms with van der Waals surface area (Å²) in [5.41, 5.74) is 0.221. The third-order valence-corrected chi connectivity index (χ3v) is 3.87. The summed E-state index contributed by atoms with van der Waals surface area (Å²) in [6.07, 6.45) is 5.75. The zero-order chi connectivity index (χ0) is 19.8. The van der Waals surface area contributed by atoms with Crippen molar-refractivity contribution in [3.05, 3.63) is 0 Å². The third-order valence-electron chi connectivity index (χ3n) is 3.87. The molecule has 0 spiro atoms. The van der Waals surface area contributed by atoms with Gasteiger partial charge in [-0.1, -0.05) is 53.9 Å². The molecule has 0 N–H and O–H groups in total. The molecule has 0 fully saturated rings. The average molecular weight is 375 g/mol. The van der Waals surface area contributed by atoms with E-state index in [0.29, 0.717) is 38.8 Å². The molecule has 0 aliphatic heterocycles. The zero-order valence-electron chi connectivity index (χ0n) is 18.0. The average Bonchev–Trinajstić information content (AvgIpc) is 2.50. The number of rotatable bonds is 16. The number of hydrogen-bond acceptors (Lipinski definition) is 5. The largest absolute Gasteiger partial charge is 0.436 e. The maximum absolute atomic E-state index is 11.9. The van der Waals surface area contributed by atoms with Gasteiger partial charge in [-0.15, -0.1) is 0 Å². The molecule has 5 nitrogen and oxygen atoms in total. The first-order valence-electron chi connectivity index (χ1n) is 10.2. The number of hydrogen-bond donors (Lipinski definition) is 0. The number of carbonyl (C=O) groups is 1. The van der Waals surface area contributed by atoms with Gasteiger partial charge in [0.25, 0.3) is 0 Å². The van der Waals surface area contributed by atoms with E-state index >= 15 is 0 Å². The minimum Gasteiger partial charge on any atom is -0.436 e. The van der Waals surface area contributed by atoms with E-state index in [1.807, 2.05) is 0 Å². The van der Waals surface area contributed by atoms with Crippen molar-refractivity contribution in [2.45, 2.75) is 86.4 Å². The number of ether oxygens (including phenoxy) is 4. The van der Waals surface area contributed by atoms with Gasteiger partial charge in [-0.25, -0.2) is 0 Å². The fourth-order valence-electron chi connectivity index (χ4n) is 2.90. The van der Waals surface area contributed by atoms with Crippen LogP contribution < -0.4 is 0 Å². The monoisotopic (exact) mass is 374 g/mol. The quantitative estimate of drug-likeness (QED) is 0.217. The summed E-state index contributed by atoms with van der Waals surface area (Å²) >= 11 is 0. The molecule has 0 aliphatic rings. The van der Waals surface area contributed by atoms with Crippen LogP contribution in [0.5, 0.6) is 0 Å². The summed E-state index contributed by atoms with van der Waals surface area (Å²) in [6.45, 7) is 15.4. The Bertz CT molecular complexity index is 338. The SMILES string of the molecule is CCCCCCOCCOCCOC(C)OC(=O)CC(C)CC(C)(C)C. The minimum absolute atomic E-state index is 0.202. The number of esters is 1. The van der Waals surface area contributed by atoms with Crippen LogP contribution >= 0.6 is 0 Å². The highest BCUT2D eigenvalue weighted by atomic mass is 16.7. The van der Waals surface area contributed by atoms with Gasteiger partial charge in [-0.05, 0) is 31.1 Å². The molecule has 0 saturated carbocycles. The van der Waals surface area contributed by atoms with Crippen LogP contribution in [0.2, 0.25) is 0 Å². The lowest BCUT2D eigenvalue weighted by molar-refractivity contribution is -0.178. The van der Waals surface area contributed by atoms with Gasteiger partial charge in [-0.2, -0.15) is 0 Å². The Balaban J connectivity index is 3.51.